The molecule has 0 spiro atoms. The van der Waals surface area contributed by atoms with Crippen LogP contribution in [0.25, 0.3) is 11.0 Å². The lowest BCUT2D eigenvalue weighted by molar-refractivity contribution is 0.958. The lowest BCUT2D eigenvalue weighted by atomic mass is 10.4. The largest absolute Gasteiger partial charge is 0.287 e. The van der Waals surface area contributed by atoms with Gasteiger partial charge >= 0.3 is 0 Å². The normalized spacial score (nSPS) is 10.2. The van der Waals surface area contributed by atoms with Crippen molar-refractivity contribution in [2.45, 2.75) is 0 Å². The molecule has 1 heterocycles. The summed E-state index contributed by atoms with van der Waals surface area (Å²) in [5.41, 5.74) is 0.963. The molecular formula is C7H5N3O. The van der Waals surface area contributed by atoms with Crippen LogP contribution in [0.2, 0.25) is 0 Å². The Kier molecular flexibility index (Phi) is 1.18. The van der Waals surface area contributed by atoms with Gasteiger partial charge in [0, 0.05) is 0 Å². The number of H-pyrrole nitrogens is 1. The van der Waals surface area contributed by atoms with Gasteiger partial charge in [-0.25, -0.2) is 0 Å². The van der Waals surface area contributed by atoms with Gasteiger partial charge in [0.25, 0.3) is 0 Å². The first-order valence-electron chi connectivity index (χ1n) is 3.18. The topological polar surface area (TPSA) is 58.6 Å². The Labute approximate surface area is 61.9 Å². The zero-order valence-electron chi connectivity index (χ0n) is 5.61. The van der Waals surface area contributed by atoms with Crippen molar-refractivity contribution >= 4 is 11.0 Å². The van der Waals surface area contributed by atoms with Crippen LogP contribution < -0.4 is 5.43 Å². The molecule has 0 bridgehead atoms. The van der Waals surface area contributed by atoms with Crippen LogP contribution in [0.3, 0.4) is 0 Å². The molecule has 0 radical (unpaired) electrons. The standard InChI is InChI=1S/C7H5N3O/c11-6-4-2-1-3-5-7(6)9-10-8-5/h1-4H,(H,8,9,10). The summed E-state index contributed by atoms with van der Waals surface area (Å²) >= 11 is 0. The van der Waals surface area contributed by atoms with Crippen molar-refractivity contribution in [2.75, 3.05) is 0 Å². The van der Waals surface area contributed by atoms with Gasteiger partial charge in [0.05, 0.1) is 0 Å². The number of hydrogen-bond donors (Lipinski definition) is 1. The molecule has 0 unspecified atom stereocenters. The minimum absolute atomic E-state index is 0.0880. The van der Waals surface area contributed by atoms with Crippen molar-refractivity contribution in [3.63, 3.8) is 0 Å². The molecule has 1 N–H and O–H groups in total. The fraction of sp³-hybridized carbons (Fsp3) is 0. The predicted octanol–water partition coefficient (Wildman–Crippen LogP) is 0.318. The summed E-state index contributed by atoms with van der Waals surface area (Å²) in [4.78, 5) is 11.1. The van der Waals surface area contributed by atoms with Crippen LogP contribution >= 0.6 is 0 Å². The van der Waals surface area contributed by atoms with Crippen molar-refractivity contribution in [1.82, 2.24) is 15.4 Å². The predicted molar refractivity (Wildman–Crippen MR) is 40.2 cm³/mol. The van der Waals surface area contributed by atoms with Gasteiger partial charge in [-0.1, -0.05) is 17.3 Å². The second-order valence-corrected chi connectivity index (χ2v) is 2.15. The van der Waals surface area contributed by atoms with Crippen LogP contribution in [-0.4, -0.2) is 15.4 Å². The van der Waals surface area contributed by atoms with Gasteiger partial charge in [-0.05, 0) is 12.1 Å². The molecule has 11 heavy (non-hydrogen) atoms. The summed E-state index contributed by atoms with van der Waals surface area (Å²) in [6.45, 7) is 0. The first-order valence-corrected chi connectivity index (χ1v) is 3.18. The van der Waals surface area contributed by atoms with Crippen LogP contribution in [0.15, 0.2) is 29.1 Å². The second-order valence-electron chi connectivity index (χ2n) is 2.15. The lowest BCUT2D eigenvalue weighted by Gasteiger charge is -1.70. The van der Waals surface area contributed by atoms with Gasteiger partial charge in [0.1, 0.15) is 11.0 Å². The van der Waals surface area contributed by atoms with Crippen molar-refractivity contribution in [3.05, 3.63) is 34.5 Å². The Morgan fingerprint density at radius 3 is 3.00 bits per heavy atom. The monoisotopic (exact) mass is 147 g/mol. The molecule has 0 amide bonds. The number of aromatic nitrogens is 3. The fourth-order valence-electron chi connectivity index (χ4n) is 0.907. The molecule has 1 aromatic heterocycles. The Hall–Kier alpha value is -1.71. The zero-order chi connectivity index (χ0) is 7.68. The van der Waals surface area contributed by atoms with Crippen LogP contribution in [-0.2, 0) is 0 Å². The molecular weight excluding hydrogens is 142 g/mol. The fourth-order valence-corrected chi connectivity index (χ4v) is 0.907. The minimum Gasteiger partial charge on any atom is -0.287 e. The van der Waals surface area contributed by atoms with E-state index in [-0.39, 0.29) is 5.43 Å². The van der Waals surface area contributed by atoms with Gasteiger partial charge in [0.2, 0.25) is 5.43 Å². The average molecular weight is 147 g/mol. The van der Waals surface area contributed by atoms with Crippen molar-refractivity contribution in [2.24, 2.45) is 0 Å². The van der Waals surface area contributed by atoms with Crippen LogP contribution in [0, 0.1) is 0 Å². The van der Waals surface area contributed by atoms with Gasteiger partial charge in [0.15, 0.2) is 0 Å². The van der Waals surface area contributed by atoms with Crippen molar-refractivity contribution in [3.8, 4) is 0 Å². The van der Waals surface area contributed by atoms with Gasteiger partial charge < -0.3 is 0 Å². The highest BCUT2D eigenvalue weighted by molar-refractivity contribution is 5.71. The Morgan fingerprint density at radius 1 is 1.27 bits per heavy atom. The van der Waals surface area contributed by atoms with Crippen LogP contribution in [0.4, 0.5) is 0 Å². The van der Waals surface area contributed by atoms with E-state index in [1.165, 1.54) is 6.07 Å². The van der Waals surface area contributed by atoms with E-state index < -0.39 is 0 Å². The molecule has 54 valence electrons. The highest BCUT2D eigenvalue weighted by atomic mass is 16.1. The third kappa shape index (κ3) is 0.881. The lowest BCUT2D eigenvalue weighted by Crippen LogP contribution is -1.94. The van der Waals surface area contributed by atoms with E-state index in [1.54, 1.807) is 18.2 Å². The van der Waals surface area contributed by atoms with E-state index in [0.717, 1.165) is 0 Å². The minimum atomic E-state index is -0.0880. The molecule has 0 aliphatic carbocycles. The summed E-state index contributed by atoms with van der Waals surface area (Å²) < 4.78 is 0. The number of nitrogens with zero attached hydrogens (tertiary/aromatic N) is 2. The number of nitrogens with one attached hydrogen (secondary N) is 1. The SMILES string of the molecule is O=c1ccccc2nn[nH]c12. The van der Waals surface area contributed by atoms with E-state index in [4.69, 9.17) is 0 Å². The second kappa shape index (κ2) is 2.16. The molecule has 0 fully saturated rings. The number of fused-ring (bicyclic) bond motifs is 1. The van der Waals surface area contributed by atoms with Gasteiger partial charge in [-0.2, -0.15) is 0 Å². The van der Waals surface area contributed by atoms with Crippen LogP contribution in [0.1, 0.15) is 0 Å². The molecule has 0 saturated carbocycles. The maximum atomic E-state index is 11.1. The number of rotatable bonds is 0. The number of aromatic amines is 1. The Balaban J connectivity index is 3.09. The quantitative estimate of drug-likeness (QED) is 0.583. The smallest absolute Gasteiger partial charge is 0.205 e. The highest BCUT2D eigenvalue weighted by Crippen LogP contribution is 1.97. The van der Waals surface area contributed by atoms with Gasteiger partial charge in [-0.3, -0.25) is 9.89 Å². The first kappa shape index (κ1) is 6.03. The maximum absolute atomic E-state index is 11.1. The van der Waals surface area contributed by atoms with E-state index in [1.807, 2.05) is 0 Å². The van der Waals surface area contributed by atoms with Crippen molar-refractivity contribution in [1.29, 1.82) is 0 Å². The summed E-state index contributed by atoms with van der Waals surface area (Å²) in [5.74, 6) is 0. The summed E-state index contributed by atoms with van der Waals surface area (Å²) in [6, 6.07) is 6.65. The average Bonchev–Trinajstić information content (AvgIpc) is 2.40. The van der Waals surface area contributed by atoms with E-state index in [2.05, 4.69) is 15.4 Å². The van der Waals surface area contributed by atoms with E-state index in [9.17, 15) is 4.79 Å². The van der Waals surface area contributed by atoms with Gasteiger partial charge in [-0.15, -0.1) is 5.10 Å². The van der Waals surface area contributed by atoms with Crippen LogP contribution in [0.5, 0.6) is 0 Å². The molecule has 0 atom stereocenters. The molecule has 1 aromatic carbocycles. The summed E-state index contributed by atoms with van der Waals surface area (Å²) in [6.07, 6.45) is 0. The number of hydrogen-bond acceptors (Lipinski definition) is 3. The molecule has 4 heteroatoms. The highest BCUT2D eigenvalue weighted by Gasteiger charge is 1.95. The van der Waals surface area contributed by atoms with E-state index in [0.29, 0.717) is 11.0 Å². The molecule has 4 nitrogen and oxygen atoms in total. The Morgan fingerprint density at radius 2 is 2.09 bits per heavy atom. The molecule has 2 rings (SSSR count). The molecule has 2 aromatic rings. The Bertz CT molecular complexity index is 435. The third-order valence-corrected chi connectivity index (χ3v) is 1.43. The zero-order valence-corrected chi connectivity index (χ0v) is 5.61. The maximum Gasteiger partial charge on any atom is 0.205 e. The first-order chi connectivity index (χ1) is 5.38. The summed E-state index contributed by atoms with van der Waals surface area (Å²) in [5, 5.41) is 9.76. The van der Waals surface area contributed by atoms with Crippen molar-refractivity contribution < 1.29 is 0 Å². The van der Waals surface area contributed by atoms with E-state index >= 15 is 0 Å². The molecule has 0 aliphatic rings. The third-order valence-electron chi connectivity index (χ3n) is 1.43. The molecule has 0 saturated heterocycles. The summed E-state index contributed by atoms with van der Waals surface area (Å²) in [7, 11) is 0. The molecule has 0 aliphatic heterocycles.